The fourth-order valence-electron chi connectivity index (χ4n) is 2.82. The second-order valence-corrected chi connectivity index (χ2v) is 8.54. The largest absolute Gasteiger partial charge is 0.354 e. The highest BCUT2D eigenvalue weighted by molar-refractivity contribution is 8.05. The molecule has 1 atom stereocenters. The molecule has 0 aromatic heterocycles. The predicted octanol–water partition coefficient (Wildman–Crippen LogP) is 4.82. The van der Waals surface area contributed by atoms with Gasteiger partial charge in [0.25, 0.3) is 5.91 Å². The van der Waals surface area contributed by atoms with Crippen molar-refractivity contribution in [1.29, 1.82) is 5.26 Å². The molecule has 29 heavy (non-hydrogen) atoms. The first-order valence-corrected chi connectivity index (χ1v) is 10.4. The first-order valence-electron chi connectivity index (χ1n) is 8.42. The van der Waals surface area contributed by atoms with Crippen molar-refractivity contribution in [3.05, 3.63) is 73.7 Å². The molecule has 0 radical (unpaired) electrons. The van der Waals surface area contributed by atoms with Gasteiger partial charge in [-0.15, -0.1) is 0 Å². The second kappa shape index (κ2) is 9.10. The standard InChI is InChI=1S/C20H14Cl3N3O2S/c1-25-18(27)15(10-24)20-26(14-6-4-12(21)5-7-14)19(28)17(29-20)8-11-2-3-13(22)9-16(11)23/h2-7,9,17H,8H2,1H3,(H,25,27)/b20-15-. The third-order valence-corrected chi connectivity index (χ3v) is 6.34. The monoisotopic (exact) mass is 465 g/mol. The van der Waals surface area contributed by atoms with Crippen LogP contribution < -0.4 is 10.2 Å². The Hall–Kier alpha value is -2.17. The number of benzene rings is 2. The summed E-state index contributed by atoms with van der Waals surface area (Å²) in [6, 6.07) is 13.6. The molecule has 1 saturated heterocycles. The third kappa shape index (κ3) is 4.54. The summed E-state index contributed by atoms with van der Waals surface area (Å²) < 4.78 is 0. The molecule has 0 bridgehead atoms. The molecule has 2 amide bonds. The maximum Gasteiger partial charge on any atom is 0.264 e. The van der Waals surface area contributed by atoms with E-state index in [1.807, 2.05) is 6.07 Å². The SMILES string of the molecule is CNC(=O)/C(C#N)=C1\SC(Cc2ccc(Cl)cc2Cl)C(=O)N1c1ccc(Cl)cc1. The van der Waals surface area contributed by atoms with Crippen molar-refractivity contribution in [2.45, 2.75) is 11.7 Å². The van der Waals surface area contributed by atoms with Crippen molar-refractivity contribution in [2.75, 3.05) is 11.9 Å². The van der Waals surface area contributed by atoms with E-state index in [4.69, 9.17) is 34.8 Å². The van der Waals surface area contributed by atoms with Gasteiger partial charge in [0.15, 0.2) is 0 Å². The summed E-state index contributed by atoms with van der Waals surface area (Å²) >= 11 is 19.3. The van der Waals surface area contributed by atoms with Crippen LogP contribution in [0.2, 0.25) is 15.1 Å². The Morgan fingerprint density at radius 1 is 1.17 bits per heavy atom. The normalized spacial score (nSPS) is 17.8. The summed E-state index contributed by atoms with van der Waals surface area (Å²) in [5, 5.41) is 13.2. The van der Waals surface area contributed by atoms with Gasteiger partial charge in [0.2, 0.25) is 5.91 Å². The van der Waals surface area contributed by atoms with E-state index in [0.29, 0.717) is 27.2 Å². The number of carbonyl (C=O) groups is 2. The van der Waals surface area contributed by atoms with Gasteiger partial charge in [-0.3, -0.25) is 14.5 Å². The average molecular weight is 467 g/mol. The number of nitriles is 1. The molecule has 1 aliphatic heterocycles. The predicted molar refractivity (Wildman–Crippen MR) is 117 cm³/mol. The molecule has 1 aliphatic rings. The van der Waals surface area contributed by atoms with Crippen molar-refractivity contribution in [1.82, 2.24) is 5.32 Å². The number of hydrogen-bond donors (Lipinski definition) is 1. The van der Waals surface area contributed by atoms with Crippen molar-refractivity contribution in [2.24, 2.45) is 0 Å². The number of likely N-dealkylation sites (N-methyl/N-ethyl adjacent to an activating group) is 1. The van der Waals surface area contributed by atoms with Crippen LogP contribution in [0.3, 0.4) is 0 Å². The molecule has 9 heteroatoms. The lowest BCUT2D eigenvalue weighted by Gasteiger charge is -2.18. The number of thioether (sulfide) groups is 1. The van der Waals surface area contributed by atoms with Gasteiger partial charge in [0, 0.05) is 27.8 Å². The van der Waals surface area contributed by atoms with Crippen LogP contribution in [-0.4, -0.2) is 24.1 Å². The van der Waals surface area contributed by atoms with Crippen molar-refractivity contribution in [3.8, 4) is 6.07 Å². The van der Waals surface area contributed by atoms with E-state index in [0.717, 1.165) is 17.3 Å². The first kappa shape index (κ1) is 21.5. The molecule has 148 valence electrons. The molecule has 0 spiro atoms. The first-order chi connectivity index (χ1) is 13.8. The number of hydrogen-bond acceptors (Lipinski definition) is 4. The molecular weight excluding hydrogens is 453 g/mol. The lowest BCUT2D eigenvalue weighted by atomic mass is 10.1. The zero-order valence-electron chi connectivity index (χ0n) is 15.1. The molecule has 1 unspecified atom stereocenters. The zero-order chi connectivity index (χ0) is 21.1. The smallest absolute Gasteiger partial charge is 0.264 e. The van der Waals surface area contributed by atoms with E-state index in [2.05, 4.69) is 5.32 Å². The Labute approximate surface area is 187 Å². The summed E-state index contributed by atoms with van der Waals surface area (Å²) in [6.07, 6.45) is 0.319. The van der Waals surface area contributed by atoms with Gasteiger partial charge in [-0.1, -0.05) is 52.6 Å². The molecule has 0 aliphatic carbocycles. The van der Waals surface area contributed by atoms with Crippen molar-refractivity contribution in [3.63, 3.8) is 0 Å². The second-order valence-electron chi connectivity index (χ2n) is 6.07. The van der Waals surface area contributed by atoms with Gasteiger partial charge >= 0.3 is 0 Å². The quantitative estimate of drug-likeness (QED) is 0.518. The Morgan fingerprint density at radius 3 is 2.41 bits per heavy atom. The molecule has 1 heterocycles. The Morgan fingerprint density at radius 2 is 1.83 bits per heavy atom. The minimum Gasteiger partial charge on any atom is -0.354 e. The molecule has 1 fully saturated rings. The van der Waals surface area contributed by atoms with Crippen molar-refractivity contribution >= 4 is 64.1 Å². The van der Waals surface area contributed by atoms with E-state index in [1.165, 1.54) is 11.9 Å². The van der Waals surface area contributed by atoms with E-state index < -0.39 is 11.2 Å². The van der Waals surface area contributed by atoms with Crippen LogP contribution in [-0.2, 0) is 16.0 Å². The van der Waals surface area contributed by atoms with Gasteiger partial charge in [-0.25, -0.2) is 0 Å². The van der Waals surface area contributed by atoms with Crippen LogP contribution in [0.25, 0.3) is 0 Å². The summed E-state index contributed by atoms with van der Waals surface area (Å²) in [7, 11) is 1.43. The van der Waals surface area contributed by atoms with Gasteiger partial charge < -0.3 is 5.32 Å². The number of nitrogens with one attached hydrogen (secondary N) is 1. The van der Waals surface area contributed by atoms with Crippen molar-refractivity contribution < 1.29 is 9.59 Å². The fourth-order valence-corrected chi connectivity index (χ4v) is 4.73. The van der Waals surface area contributed by atoms with Gasteiger partial charge in [0.1, 0.15) is 16.7 Å². The third-order valence-electron chi connectivity index (χ3n) is 4.24. The minimum absolute atomic E-state index is 0.134. The highest BCUT2D eigenvalue weighted by Crippen LogP contribution is 2.42. The number of rotatable bonds is 4. The fraction of sp³-hybridized carbons (Fsp3) is 0.150. The number of nitrogens with zero attached hydrogens (tertiary/aromatic N) is 2. The summed E-state index contributed by atoms with van der Waals surface area (Å²) in [6.45, 7) is 0. The highest BCUT2D eigenvalue weighted by atomic mass is 35.5. The molecule has 1 N–H and O–H groups in total. The maximum absolute atomic E-state index is 13.2. The number of anilines is 1. The summed E-state index contributed by atoms with van der Waals surface area (Å²) in [4.78, 5) is 26.8. The number of halogens is 3. The van der Waals surface area contributed by atoms with Crippen LogP contribution in [0.5, 0.6) is 0 Å². The minimum atomic E-state index is -0.563. The molecular formula is C20H14Cl3N3O2S. The van der Waals surface area contributed by atoms with Crippen LogP contribution in [0.15, 0.2) is 53.1 Å². The number of amides is 2. The Balaban J connectivity index is 2.05. The molecule has 0 saturated carbocycles. The van der Waals surface area contributed by atoms with E-state index in [9.17, 15) is 14.9 Å². The summed E-state index contributed by atoms with van der Waals surface area (Å²) in [5.41, 5.74) is 1.13. The van der Waals surface area contributed by atoms with Crippen LogP contribution in [0.1, 0.15) is 5.56 Å². The van der Waals surface area contributed by atoms with Gasteiger partial charge in [-0.2, -0.15) is 5.26 Å². The van der Waals surface area contributed by atoms with E-state index in [-0.39, 0.29) is 16.5 Å². The summed E-state index contributed by atoms with van der Waals surface area (Å²) in [5.74, 6) is -0.818. The maximum atomic E-state index is 13.2. The van der Waals surface area contributed by atoms with Gasteiger partial charge in [-0.05, 0) is 48.4 Å². The zero-order valence-corrected chi connectivity index (χ0v) is 18.2. The van der Waals surface area contributed by atoms with Gasteiger partial charge in [0.05, 0.1) is 5.25 Å². The lowest BCUT2D eigenvalue weighted by molar-refractivity contribution is -0.117. The molecule has 2 aromatic rings. The Kier molecular flexibility index (Phi) is 6.76. The molecule has 5 nitrogen and oxygen atoms in total. The van der Waals surface area contributed by atoms with E-state index in [1.54, 1.807) is 42.5 Å². The topological polar surface area (TPSA) is 73.2 Å². The molecule has 3 rings (SSSR count). The number of carbonyl (C=O) groups excluding carboxylic acids is 2. The lowest BCUT2D eigenvalue weighted by Crippen LogP contribution is -2.31. The van der Waals surface area contributed by atoms with Crippen LogP contribution in [0.4, 0.5) is 5.69 Å². The molecule has 2 aromatic carbocycles. The van der Waals surface area contributed by atoms with E-state index >= 15 is 0 Å². The van der Waals surface area contributed by atoms with Crippen LogP contribution >= 0.6 is 46.6 Å². The van der Waals surface area contributed by atoms with Crippen LogP contribution in [0, 0.1) is 11.3 Å². The Bertz CT molecular complexity index is 1050. The highest BCUT2D eigenvalue weighted by Gasteiger charge is 2.40. The average Bonchev–Trinajstić information content (AvgIpc) is 3.01.